The van der Waals surface area contributed by atoms with Gasteiger partial charge in [-0.15, -0.1) is 0 Å². The smallest absolute Gasteiger partial charge is 0.271 e. The molecular weight excluding hydrogens is 312 g/mol. The van der Waals surface area contributed by atoms with Crippen molar-refractivity contribution < 1.29 is 24.5 Å². The van der Waals surface area contributed by atoms with Crippen LogP contribution in [0.1, 0.15) is 22.3 Å². The zero-order valence-electron chi connectivity index (χ0n) is 12.7. The van der Waals surface area contributed by atoms with Crippen molar-refractivity contribution in [1.29, 1.82) is 0 Å². The summed E-state index contributed by atoms with van der Waals surface area (Å²) in [6, 6.07) is 9.15. The topological polar surface area (TPSA) is 100 Å². The Kier molecular flexibility index (Phi) is 4.51. The molecule has 124 valence electrons. The number of phenolic OH excluding ortho intramolecular Hbond substituents is 2. The van der Waals surface area contributed by atoms with Crippen LogP contribution >= 0.6 is 0 Å². The number of carbonyl (C=O) groups is 1. The van der Waals surface area contributed by atoms with E-state index in [0.29, 0.717) is 35.8 Å². The molecule has 0 spiro atoms. The number of carbonyl (C=O) groups excluding carboxylic acids is 1. The number of benzene rings is 2. The Balaban J connectivity index is 1.67. The van der Waals surface area contributed by atoms with Crippen molar-refractivity contribution in [2.24, 2.45) is 5.10 Å². The average molecular weight is 328 g/mol. The van der Waals surface area contributed by atoms with E-state index in [-0.39, 0.29) is 11.5 Å². The molecule has 1 amide bonds. The van der Waals surface area contributed by atoms with Crippen LogP contribution in [0, 0.1) is 0 Å². The van der Waals surface area contributed by atoms with E-state index in [0.717, 1.165) is 6.42 Å². The largest absolute Gasteiger partial charge is 0.504 e. The molecule has 0 saturated carbocycles. The minimum atomic E-state index is -0.398. The van der Waals surface area contributed by atoms with Crippen LogP contribution < -0.4 is 14.9 Å². The Morgan fingerprint density at radius 1 is 1.04 bits per heavy atom. The summed E-state index contributed by atoms with van der Waals surface area (Å²) in [6.45, 7) is 1.13. The molecule has 0 bridgehead atoms. The summed E-state index contributed by atoms with van der Waals surface area (Å²) in [5, 5.41) is 22.5. The third kappa shape index (κ3) is 3.57. The van der Waals surface area contributed by atoms with Crippen molar-refractivity contribution in [3.05, 3.63) is 47.5 Å². The standard InChI is InChI=1S/C17H16N2O5/c20-13-4-2-11(8-14(13)21)10-18-19-17(22)12-3-5-15-16(9-12)24-7-1-6-23-15/h2-5,8-10,20-21H,1,6-7H2,(H,19,22)/b18-10+. The summed E-state index contributed by atoms with van der Waals surface area (Å²) in [4.78, 5) is 12.1. The zero-order chi connectivity index (χ0) is 16.9. The Hall–Kier alpha value is -3.22. The van der Waals surface area contributed by atoms with E-state index in [2.05, 4.69) is 10.5 Å². The number of nitrogens with one attached hydrogen (secondary N) is 1. The number of hydrazone groups is 1. The maximum absolute atomic E-state index is 12.1. The second kappa shape index (κ2) is 6.91. The van der Waals surface area contributed by atoms with Crippen molar-refractivity contribution in [2.75, 3.05) is 13.2 Å². The molecule has 0 fully saturated rings. The third-order valence-electron chi connectivity index (χ3n) is 3.39. The van der Waals surface area contributed by atoms with Gasteiger partial charge in [0, 0.05) is 12.0 Å². The van der Waals surface area contributed by atoms with Crippen LogP contribution in [-0.4, -0.2) is 35.5 Å². The van der Waals surface area contributed by atoms with E-state index in [1.807, 2.05) is 0 Å². The second-order valence-electron chi connectivity index (χ2n) is 5.16. The molecule has 2 aromatic rings. The fourth-order valence-corrected chi connectivity index (χ4v) is 2.16. The minimum absolute atomic E-state index is 0.219. The average Bonchev–Trinajstić information content (AvgIpc) is 2.82. The summed E-state index contributed by atoms with van der Waals surface area (Å²) in [6.07, 6.45) is 2.15. The molecule has 7 nitrogen and oxygen atoms in total. The lowest BCUT2D eigenvalue weighted by Gasteiger charge is -2.08. The number of hydrogen-bond acceptors (Lipinski definition) is 6. The van der Waals surface area contributed by atoms with Gasteiger partial charge in [0.05, 0.1) is 19.4 Å². The summed E-state index contributed by atoms with van der Waals surface area (Å²) in [5.41, 5.74) is 3.32. The molecule has 7 heteroatoms. The Morgan fingerprint density at radius 2 is 1.83 bits per heavy atom. The maximum Gasteiger partial charge on any atom is 0.271 e. The number of fused-ring (bicyclic) bond motifs is 1. The Labute approximate surface area is 138 Å². The first-order valence-electron chi connectivity index (χ1n) is 7.38. The zero-order valence-corrected chi connectivity index (χ0v) is 12.7. The first kappa shape index (κ1) is 15.7. The number of rotatable bonds is 3. The summed E-state index contributed by atoms with van der Waals surface area (Å²) >= 11 is 0. The number of ether oxygens (including phenoxy) is 2. The lowest BCUT2D eigenvalue weighted by molar-refractivity contribution is 0.0954. The SMILES string of the molecule is O=C(N/N=C/c1ccc(O)c(O)c1)c1ccc2c(c1)OCCCO2. The van der Waals surface area contributed by atoms with E-state index in [1.54, 1.807) is 24.3 Å². The first-order valence-corrected chi connectivity index (χ1v) is 7.38. The van der Waals surface area contributed by atoms with Crippen LogP contribution in [-0.2, 0) is 0 Å². The lowest BCUT2D eigenvalue weighted by Crippen LogP contribution is -2.17. The molecule has 2 aromatic carbocycles. The fraction of sp³-hybridized carbons (Fsp3) is 0.176. The molecule has 3 rings (SSSR count). The molecule has 0 saturated heterocycles. The molecule has 0 unspecified atom stereocenters. The highest BCUT2D eigenvalue weighted by atomic mass is 16.5. The van der Waals surface area contributed by atoms with Gasteiger partial charge in [-0.1, -0.05) is 0 Å². The summed E-state index contributed by atoms with van der Waals surface area (Å²) < 4.78 is 11.1. The number of phenols is 2. The van der Waals surface area contributed by atoms with Gasteiger partial charge in [-0.05, 0) is 42.0 Å². The van der Waals surface area contributed by atoms with Crippen molar-refractivity contribution in [1.82, 2.24) is 5.43 Å². The quantitative estimate of drug-likeness (QED) is 0.455. The van der Waals surface area contributed by atoms with Crippen LogP contribution in [0.3, 0.4) is 0 Å². The van der Waals surface area contributed by atoms with E-state index >= 15 is 0 Å². The van der Waals surface area contributed by atoms with Crippen LogP contribution in [0.2, 0.25) is 0 Å². The molecule has 0 radical (unpaired) electrons. The van der Waals surface area contributed by atoms with Crippen molar-refractivity contribution in [2.45, 2.75) is 6.42 Å². The molecule has 0 aromatic heterocycles. The van der Waals surface area contributed by atoms with E-state index in [4.69, 9.17) is 9.47 Å². The molecular formula is C17H16N2O5. The number of hydrogen-bond donors (Lipinski definition) is 3. The predicted molar refractivity (Wildman–Crippen MR) is 86.9 cm³/mol. The number of nitrogens with zero attached hydrogens (tertiary/aromatic N) is 1. The molecule has 3 N–H and O–H groups in total. The van der Waals surface area contributed by atoms with Gasteiger partial charge in [-0.2, -0.15) is 5.10 Å². The van der Waals surface area contributed by atoms with Crippen LogP contribution in [0.4, 0.5) is 0 Å². The molecule has 0 atom stereocenters. The maximum atomic E-state index is 12.1. The monoisotopic (exact) mass is 328 g/mol. The Bertz CT molecular complexity index is 789. The molecule has 24 heavy (non-hydrogen) atoms. The molecule has 1 heterocycles. The number of amides is 1. The van der Waals surface area contributed by atoms with Gasteiger partial charge < -0.3 is 19.7 Å². The summed E-state index contributed by atoms with van der Waals surface area (Å²) in [5.74, 6) is 0.279. The number of aromatic hydroxyl groups is 2. The van der Waals surface area contributed by atoms with Gasteiger partial charge in [0.15, 0.2) is 23.0 Å². The third-order valence-corrected chi connectivity index (χ3v) is 3.39. The summed E-state index contributed by atoms with van der Waals surface area (Å²) in [7, 11) is 0. The highest BCUT2D eigenvalue weighted by molar-refractivity contribution is 5.95. The predicted octanol–water partition coefficient (Wildman–Crippen LogP) is 2.02. The van der Waals surface area contributed by atoms with E-state index in [1.165, 1.54) is 18.3 Å². The lowest BCUT2D eigenvalue weighted by atomic mass is 10.2. The van der Waals surface area contributed by atoms with Gasteiger partial charge in [-0.25, -0.2) is 5.43 Å². The van der Waals surface area contributed by atoms with E-state index < -0.39 is 5.91 Å². The first-order chi connectivity index (χ1) is 11.6. The fourth-order valence-electron chi connectivity index (χ4n) is 2.16. The van der Waals surface area contributed by atoms with Crippen LogP contribution in [0.5, 0.6) is 23.0 Å². The van der Waals surface area contributed by atoms with Gasteiger partial charge in [-0.3, -0.25) is 4.79 Å². The van der Waals surface area contributed by atoms with Gasteiger partial charge in [0.2, 0.25) is 0 Å². The molecule has 1 aliphatic heterocycles. The minimum Gasteiger partial charge on any atom is -0.504 e. The van der Waals surface area contributed by atoms with Gasteiger partial charge in [0.25, 0.3) is 5.91 Å². The molecule has 0 aliphatic carbocycles. The van der Waals surface area contributed by atoms with Crippen LogP contribution in [0.25, 0.3) is 0 Å². The highest BCUT2D eigenvalue weighted by Gasteiger charge is 2.13. The highest BCUT2D eigenvalue weighted by Crippen LogP contribution is 2.30. The van der Waals surface area contributed by atoms with Crippen molar-refractivity contribution in [3.63, 3.8) is 0 Å². The van der Waals surface area contributed by atoms with Gasteiger partial charge in [0.1, 0.15) is 0 Å². The van der Waals surface area contributed by atoms with Crippen LogP contribution in [0.15, 0.2) is 41.5 Å². The Morgan fingerprint density at radius 3 is 2.62 bits per heavy atom. The van der Waals surface area contributed by atoms with Gasteiger partial charge >= 0.3 is 0 Å². The van der Waals surface area contributed by atoms with Crippen molar-refractivity contribution >= 4 is 12.1 Å². The second-order valence-corrected chi connectivity index (χ2v) is 5.16. The molecule has 1 aliphatic rings. The van der Waals surface area contributed by atoms with Crippen molar-refractivity contribution in [3.8, 4) is 23.0 Å². The normalized spacial score (nSPS) is 13.5. The van der Waals surface area contributed by atoms with E-state index in [9.17, 15) is 15.0 Å².